The van der Waals surface area contributed by atoms with Gasteiger partial charge in [-0.3, -0.25) is 9.48 Å². The van der Waals surface area contributed by atoms with E-state index in [0.717, 1.165) is 5.69 Å². The largest absolute Gasteiger partial charge is 0.382 e. The summed E-state index contributed by atoms with van der Waals surface area (Å²) in [6.45, 7) is 0.365. The van der Waals surface area contributed by atoms with Crippen LogP contribution >= 0.6 is 0 Å². The summed E-state index contributed by atoms with van der Waals surface area (Å²) in [6.07, 6.45) is 8.26. The number of nitrogen functional groups attached to an aromatic ring is 1. The van der Waals surface area contributed by atoms with Gasteiger partial charge in [-0.15, -0.1) is 0 Å². The molecule has 1 saturated carbocycles. The third-order valence-corrected chi connectivity index (χ3v) is 3.81. The Morgan fingerprint density at radius 3 is 2.75 bits per heavy atom. The highest BCUT2D eigenvalue weighted by Crippen LogP contribution is 2.27. The van der Waals surface area contributed by atoms with Gasteiger partial charge in [0.25, 0.3) is 5.56 Å². The van der Waals surface area contributed by atoms with Crippen molar-refractivity contribution in [2.75, 3.05) is 5.73 Å². The molecule has 0 spiro atoms. The molecule has 0 saturated heterocycles. The van der Waals surface area contributed by atoms with Crippen molar-refractivity contribution in [1.29, 1.82) is 0 Å². The highest BCUT2D eigenvalue weighted by molar-refractivity contribution is 5.23. The summed E-state index contributed by atoms with van der Waals surface area (Å²) in [5.41, 5.74) is 6.29. The van der Waals surface area contributed by atoms with Crippen LogP contribution in [-0.2, 0) is 6.54 Å². The van der Waals surface area contributed by atoms with E-state index >= 15 is 0 Å². The fourth-order valence-corrected chi connectivity index (χ4v) is 2.74. The molecule has 6 heteroatoms. The Morgan fingerprint density at radius 2 is 1.95 bits per heavy atom. The van der Waals surface area contributed by atoms with Crippen molar-refractivity contribution in [3.63, 3.8) is 0 Å². The van der Waals surface area contributed by atoms with Crippen LogP contribution in [0.2, 0.25) is 0 Å². The predicted molar refractivity (Wildman–Crippen MR) is 76.4 cm³/mol. The van der Waals surface area contributed by atoms with Gasteiger partial charge in [-0.05, 0) is 25.0 Å². The van der Waals surface area contributed by atoms with Crippen molar-refractivity contribution in [2.24, 2.45) is 0 Å². The molecule has 3 rings (SSSR count). The van der Waals surface area contributed by atoms with Crippen molar-refractivity contribution in [1.82, 2.24) is 19.6 Å². The van der Waals surface area contributed by atoms with E-state index < -0.39 is 0 Å². The van der Waals surface area contributed by atoms with Gasteiger partial charge in [-0.2, -0.15) is 10.2 Å². The van der Waals surface area contributed by atoms with Crippen LogP contribution in [0.1, 0.15) is 43.8 Å². The molecule has 20 heavy (non-hydrogen) atoms. The molecule has 0 bridgehead atoms. The molecule has 106 valence electrons. The monoisotopic (exact) mass is 273 g/mol. The number of anilines is 1. The molecule has 2 heterocycles. The SMILES string of the molecule is Nc1ccc(=O)n(Cc2ccn(C3CCCCC3)n2)n1. The van der Waals surface area contributed by atoms with Crippen molar-refractivity contribution in [3.05, 3.63) is 40.4 Å². The van der Waals surface area contributed by atoms with Gasteiger partial charge >= 0.3 is 0 Å². The zero-order chi connectivity index (χ0) is 13.9. The molecule has 2 aromatic rings. The lowest BCUT2D eigenvalue weighted by Crippen LogP contribution is -2.23. The van der Waals surface area contributed by atoms with Crippen molar-refractivity contribution < 1.29 is 0 Å². The predicted octanol–water partition coefficient (Wildman–Crippen LogP) is 1.58. The molecule has 0 unspecified atom stereocenters. The van der Waals surface area contributed by atoms with E-state index in [4.69, 9.17) is 5.73 Å². The summed E-state index contributed by atoms with van der Waals surface area (Å²) in [5, 5.41) is 8.60. The fourth-order valence-electron chi connectivity index (χ4n) is 2.74. The van der Waals surface area contributed by atoms with Gasteiger partial charge in [0.15, 0.2) is 0 Å². The lowest BCUT2D eigenvalue weighted by molar-refractivity contribution is 0.327. The van der Waals surface area contributed by atoms with Gasteiger partial charge in [-0.1, -0.05) is 19.3 Å². The second kappa shape index (κ2) is 5.48. The number of aromatic nitrogens is 4. The molecule has 6 nitrogen and oxygen atoms in total. The van der Waals surface area contributed by atoms with Gasteiger partial charge < -0.3 is 5.73 Å². The van der Waals surface area contributed by atoms with Crippen LogP contribution < -0.4 is 11.3 Å². The van der Waals surface area contributed by atoms with Gasteiger partial charge in [0.2, 0.25) is 0 Å². The Balaban J connectivity index is 1.76. The maximum Gasteiger partial charge on any atom is 0.267 e. The lowest BCUT2D eigenvalue weighted by Gasteiger charge is -2.21. The molecular formula is C14H19N5O. The molecule has 1 fully saturated rings. The van der Waals surface area contributed by atoms with E-state index in [2.05, 4.69) is 10.2 Å². The number of nitrogens with zero attached hydrogens (tertiary/aromatic N) is 4. The van der Waals surface area contributed by atoms with Gasteiger partial charge in [-0.25, -0.2) is 4.68 Å². The van der Waals surface area contributed by atoms with Crippen molar-refractivity contribution >= 4 is 5.82 Å². The minimum atomic E-state index is -0.161. The lowest BCUT2D eigenvalue weighted by atomic mass is 9.96. The molecular weight excluding hydrogens is 254 g/mol. The Hall–Kier alpha value is -2.11. The summed E-state index contributed by atoms with van der Waals surface area (Å²) < 4.78 is 3.38. The van der Waals surface area contributed by atoms with E-state index in [9.17, 15) is 4.79 Å². The second-order valence-corrected chi connectivity index (χ2v) is 5.33. The van der Waals surface area contributed by atoms with Crippen LogP contribution in [0.3, 0.4) is 0 Å². The molecule has 1 aliphatic rings. The van der Waals surface area contributed by atoms with Crippen LogP contribution in [-0.4, -0.2) is 19.6 Å². The first kappa shape index (κ1) is 12.9. The van der Waals surface area contributed by atoms with Gasteiger partial charge in [0.1, 0.15) is 5.82 Å². The van der Waals surface area contributed by atoms with Gasteiger partial charge in [0.05, 0.1) is 18.3 Å². The third kappa shape index (κ3) is 2.74. The molecule has 0 amide bonds. The maximum absolute atomic E-state index is 11.7. The fraction of sp³-hybridized carbons (Fsp3) is 0.500. The third-order valence-electron chi connectivity index (χ3n) is 3.81. The van der Waals surface area contributed by atoms with Crippen molar-refractivity contribution in [3.8, 4) is 0 Å². The molecule has 2 N–H and O–H groups in total. The quantitative estimate of drug-likeness (QED) is 0.920. The second-order valence-electron chi connectivity index (χ2n) is 5.33. The number of nitrogens with two attached hydrogens (primary N) is 1. The highest BCUT2D eigenvalue weighted by atomic mass is 16.1. The normalized spacial score (nSPS) is 16.4. The van der Waals surface area contributed by atoms with Crippen LogP contribution in [0.5, 0.6) is 0 Å². The minimum Gasteiger partial charge on any atom is -0.382 e. The summed E-state index contributed by atoms with van der Waals surface area (Å²) in [6, 6.07) is 5.40. The van der Waals surface area contributed by atoms with Crippen LogP contribution in [0, 0.1) is 0 Å². The van der Waals surface area contributed by atoms with E-state index in [1.807, 2.05) is 16.9 Å². The first-order valence-corrected chi connectivity index (χ1v) is 7.10. The average Bonchev–Trinajstić information content (AvgIpc) is 2.92. The van der Waals surface area contributed by atoms with Gasteiger partial charge in [0, 0.05) is 12.3 Å². The summed E-state index contributed by atoms with van der Waals surface area (Å²) in [4.78, 5) is 11.7. The first-order valence-electron chi connectivity index (χ1n) is 7.10. The zero-order valence-corrected chi connectivity index (χ0v) is 11.4. The smallest absolute Gasteiger partial charge is 0.267 e. The van der Waals surface area contributed by atoms with Crippen LogP contribution in [0.25, 0.3) is 0 Å². The van der Waals surface area contributed by atoms with E-state index in [-0.39, 0.29) is 5.56 Å². The van der Waals surface area contributed by atoms with Crippen molar-refractivity contribution in [2.45, 2.75) is 44.7 Å². The molecule has 0 aliphatic heterocycles. The summed E-state index contributed by atoms with van der Waals surface area (Å²) in [5.74, 6) is 0.344. The average molecular weight is 273 g/mol. The maximum atomic E-state index is 11.7. The molecule has 2 aromatic heterocycles. The molecule has 1 aliphatic carbocycles. The number of rotatable bonds is 3. The van der Waals surface area contributed by atoms with E-state index in [1.54, 1.807) is 0 Å². The molecule has 0 aromatic carbocycles. The molecule has 0 radical (unpaired) electrons. The Bertz CT molecular complexity index is 639. The minimum absolute atomic E-state index is 0.161. The standard InChI is InChI=1S/C14H19N5O/c15-13-6-7-14(20)19(17-13)10-11-8-9-18(16-11)12-4-2-1-3-5-12/h6-9,12H,1-5,10H2,(H2,15,17). The number of hydrogen-bond acceptors (Lipinski definition) is 4. The van der Waals surface area contributed by atoms with Crippen LogP contribution in [0.15, 0.2) is 29.2 Å². The topological polar surface area (TPSA) is 78.7 Å². The van der Waals surface area contributed by atoms with E-state index in [1.165, 1.54) is 48.9 Å². The van der Waals surface area contributed by atoms with E-state index in [0.29, 0.717) is 18.4 Å². The number of hydrogen-bond donors (Lipinski definition) is 1. The van der Waals surface area contributed by atoms with Crippen LogP contribution in [0.4, 0.5) is 5.82 Å². The zero-order valence-electron chi connectivity index (χ0n) is 11.4. The molecule has 0 atom stereocenters. The first-order chi connectivity index (χ1) is 9.72. The Labute approximate surface area is 117 Å². The summed E-state index contributed by atoms with van der Waals surface area (Å²) >= 11 is 0. The highest BCUT2D eigenvalue weighted by Gasteiger charge is 2.16. The Kier molecular flexibility index (Phi) is 3.54. The summed E-state index contributed by atoms with van der Waals surface area (Å²) in [7, 11) is 0. The Morgan fingerprint density at radius 1 is 1.15 bits per heavy atom.